The molecular formula is C18H16ClN3O3S. The number of pyridine rings is 1. The summed E-state index contributed by atoms with van der Waals surface area (Å²) in [4.78, 5) is 4.11. The average molecular weight is 390 g/mol. The number of ether oxygens (including phenoxy) is 1. The molecular weight excluding hydrogens is 374 g/mol. The van der Waals surface area contributed by atoms with E-state index in [1.807, 2.05) is 0 Å². The lowest BCUT2D eigenvalue weighted by molar-refractivity contribution is 0.482. The first-order valence-corrected chi connectivity index (χ1v) is 9.55. The van der Waals surface area contributed by atoms with Crippen LogP contribution in [0.5, 0.6) is 11.5 Å². The lowest BCUT2D eigenvalue weighted by Crippen LogP contribution is -2.16. The maximum Gasteiger partial charge on any atom is 0.263 e. The second-order valence-corrected chi connectivity index (χ2v) is 7.41. The number of nitrogens with one attached hydrogen (secondary N) is 1. The number of hydrogen-bond donors (Lipinski definition) is 2. The van der Waals surface area contributed by atoms with Crippen molar-refractivity contribution in [3.05, 3.63) is 77.4 Å². The van der Waals surface area contributed by atoms with Crippen LogP contribution in [0.1, 0.15) is 5.56 Å². The van der Waals surface area contributed by atoms with Crippen LogP contribution in [0.2, 0.25) is 5.02 Å². The molecule has 0 atom stereocenters. The molecule has 0 aliphatic carbocycles. The fourth-order valence-corrected chi connectivity index (χ4v) is 3.45. The van der Waals surface area contributed by atoms with E-state index in [0.29, 0.717) is 22.1 Å². The Balaban J connectivity index is 1.80. The molecule has 3 N–H and O–H groups in total. The number of benzene rings is 2. The molecule has 3 aromatic rings. The summed E-state index contributed by atoms with van der Waals surface area (Å²) in [6.07, 6.45) is 1.50. The summed E-state index contributed by atoms with van der Waals surface area (Å²) in [5.41, 5.74) is 6.22. The van der Waals surface area contributed by atoms with Gasteiger partial charge in [-0.3, -0.25) is 4.72 Å². The van der Waals surface area contributed by atoms with Gasteiger partial charge in [-0.25, -0.2) is 13.4 Å². The van der Waals surface area contributed by atoms with E-state index in [1.165, 1.54) is 18.3 Å². The van der Waals surface area contributed by atoms with Gasteiger partial charge in [0.2, 0.25) is 0 Å². The van der Waals surface area contributed by atoms with E-state index in [1.54, 1.807) is 48.5 Å². The number of hydrogen-bond acceptors (Lipinski definition) is 5. The summed E-state index contributed by atoms with van der Waals surface area (Å²) < 4.78 is 33.2. The smallest absolute Gasteiger partial charge is 0.263 e. The molecule has 26 heavy (non-hydrogen) atoms. The number of aromatic nitrogens is 1. The summed E-state index contributed by atoms with van der Waals surface area (Å²) in [6.45, 7) is 0.177. The van der Waals surface area contributed by atoms with Crippen LogP contribution in [0.15, 0.2) is 71.8 Å². The Morgan fingerprint density at radius 2 is 1.77 bits per heavy atom. The molecule has 0 fully saturated rings. The lowest BCUT2D eigenvalue weighted by atomic mass is 10.3. The van der Waals surface area contributed by atoms with Crippen LogP contribution in [-0.2, 0) is 16.6 Å². The molecule has 0 aliphatic rings. The van der Waals surface area contributed by atoms with Crippen molar-refractivity contribution in [2.24, 2.45) is 5.73 Å². The predicted molar refractivity (Wildman–Crippen MR) is 101 cm³/mol. The zero-order valence-electron chi connectivity index (χ0n) is 13.6. The molecule has 2 aromatic carbocycles. The van der Waals surface area contributed by atoms with Crippen LogP contribution in [0.4, 0.5) is 5.82 Å². The van der Waals surface area contributed by atoms with Crippen molar-refractivity contribution < 1.29 is 13.2 Å². The first kappa shape index (κ1) is 18.2. The second kappa shape index (κ2) is 7.74. The van der Waals surface area contributed by atoms with Crippen LogP contribution in [0, 0.1) is 0 Å². The van der Waals surface area contributed by atoms with Gasteiger partial charge in [-0.2, -0.15) is 0 Å². The van der Waals surface area contributed by atoms with E-state index in [0.717, 1.165) is 0 Å². The summed E-state index contributed by atoms with van der Waals surface area (Å²) in [5.74, 6) is 1.17. The SMILES string of the molecule is NCc1cccnc1NS(=O)(=O)c1ccc(Oc2ccccc2Cl)cc1. The van der Waals surface area contributed by atoms with Gasteiger partial charge in [0.1, 0.15) is 17.3 Å². The Hall–Kier alpha value is -2.61. The number of anilines is 1. The number of sulfonamides is 1. The van der Waals surface area contributed by atoms with Crippen LogP contribution < -0.4 is 15.2 Å². The molecule has 134 valence electrons. The van der Waals surface area contributed by atoms with Gasteiger partial charge in [0.05, 0.1) is 9.92 Å². The minimum absolute atomic E-state index is 0.0811. The first-order valence-electron chi connectivity index (χ1n) is 7.69. The van der Waals surface area contributed by atoms with E-state index in [9.17, 15) is 8.42 Å². The molecule has 0 amide bonds. The van der Waals surface area contributed by atoms with Gasteiger partial charge in [0.25, 0.3) is 10.0 Å². The third-order valence-corrected chi connectivity index (χ3v) is 5.21. The Kier molecular flexibility index (Phi) is 5.41. The average Bonchev–Trinajstić information content (AvgIpc) is 2.64. The molecule has 0 bridgehead atoms. The van der Waals surface area contributed by atoms with Crippen LogP contribution >= 0.6 is 11.6 Å². The zero-order valence-corrected chi connectivity index (χ0v) is 15.2. The van der Waals surface area contributed by atoms with Crippen molar-refractivity contribution in [2.75, 3.05) is 4.72 Å². The Bertz CT molecular complexity index is 1010. The number of nitrogens with zero attached hydrogens (tertiary/aromatic N) is 1. The van der Waals surface area contributed by atoms with Gasteiger partial charge in [-0.05, 0) is 42.5 Å². The number of nitrogens with two attached hydrogens (primary N) is 1. The van der Waals surface area contributed by atoms with Crippen LogP contribution in [0.3, 0.4) is 0 Å². The van der Waals surface area contributed by atoms with E-state index in [4.69, 9.17) is 22.1 Å². The molecule has 1 aromatic heterocycles. The molecule has 0 aliphatic heterocycles. The summed E-state index contributed by atoms with van der Waals surface area (Å²) in [5, 5.41) is 0.468. The van der Waals surface area contributed by atoms with E-state index in [2.05, 4.69) is 9.71 Å². The lowest BCUT2D eigenvalue weighted by Gasteiger charge is -2.11. The number of rotatable bonds is 6. The standard InChI is InChI=1S/C18H16ClN3O3S/c19-16-5-1-2-6-17(16)25-14-7-9-15(10-8-14)26(23,24)22-18-13(12-20)4-3-11-21-18/h1-11H,12,20H2,(H,21,22). The molecule has 0 unspecified atom stereocenters. The summed E-state index contributed by atoms with van der Waals surface area (Å²) in [7, 11) is -3.79. The maximum atomic E-state index is 12.5. The van der Waals surface area contributed by atoms with Gasteiger partial charge in [-0.1, -0.05) is 29.8 Å². The topological polar surface area (TPSA) is 94.3 Å². The highest BCUT2D eigenvalue weighted by atomic mass is 35.5. The van der Waals surface area contributed by atoms with E-state index >= 15 is 0 Å². The minimum Gasteiger partial charge on any atom is -0.456 e. The fourth-order valence-electron chi connectivity index (χ4n) is 2.22. The third-order valence-electron chi connectivity index (χ3n) is 3.54. The van der Waals surface area contributed by atoms with Gasteiger partial charge in [0.15, 0.2) is 0 Å². The van der Waals surface area contributed by atoms with Crippen molar-refractivity contribution in [1.82, 2.24) is 4.98 Å². The second-order valence-electron chi connectivity index (χ2n) is 5.32. The Labute approximate surface area is 156 Å². The van der Waals surface area contributed by atoms with Gasteiger partial charge >= 0.3 is 0 Å². The molecule has 0 saturated carbocycles. The largest absolute Gasteiger partial charge is 0.456 e. The van der Waals surface area contributed by atoms with E-state index < -0.39 is 10.0 Å². The van der Waals surface area contributed by atoms with Gasteiger partial charge in [0, 0.05) is 18.3 Å². The van der Waals surface area contributed by atoms with Crippen molar-refractivity contribution in [3.8, 4) is 11.5 Å². The molecule has 0 spiro atoms. The molecule has 3 rings (SSSR count). The summed E-state index contributed by atoms with van der Waals surface area (Å²) in [6, 6.07) is 16.4. The fraction of sp³-hybridized carbons (Fsp3) is 0.0556. The number of para-hydroxylation sites is 1. The molecule has 6 nitrogen and oxygen atoms in total. The third kappa shape index (κ3) is 4.13. The first-order chi connectivity index (χ1) is 12.5. The highest BCUT2D eigenvalue weighted by Gasteiger charge is 2.16. The summed E-state index contributed by atoms with van der Waals surface area (Å²) >= 11 is 6.05. The minimum atomic E-state index is -3.79. The highest BCUT2D eigenvalue weighted by molar-refractivity contribution is 7.92. The van der Waals surface area contributed by atoms with Crippen LogP contribution in [0.25, 0.3) is 0 Å². The maximum absolute atomic E-state index is 12.5. The van der Waals surface area contributed by atoms with Gasteiger partial charge in [-0.15, -0.1) is 0 Å². The monoisotopic (exact) mass is 389 g/mol. The quantitative estimate of drug-likeness (QED) is 0.668. The van der Waals surface area contributed by atoms with Gasteiger partial charge < -0.3 is 10.5 Å². The zero-order chi connectivity index (χ0) is 18.6. The molecule has 8 heteroatoms. The normalized spacial score (nSPS) is 11.2. The van der Waals surface area contributed by atoms with Crippen molar-refractivity contribution >= 4 is 27.4 Å². The number of halogens is 1. The van der Waals surface area contributed by atoms with Crippen molar-refractivity contribution in [2.45, 2.75) is 11.4 Å². The van der Waals surface area contributed by atoms with E-state index in [-0.39, 0.29) is 17.3 Å². The molecule has 0 saturated heterocycles. The highest BCUT2D eigenvalue weighted by Crippen LogP contribution is 2.29. The Morgan fingerprint density at radius 1 is 1.04 bits per heavy atom. The van der Waals surface area contributed by atoms with Crippen molar-refractivity contribution in [3.63, 3.8) is 0 Å². The molecule has 1 heterocycles. The van der Waals surface area contributed by atoms with Crippen LogP contribution in [-0.4, -0.2) is 13.4 Å². The Morgan fingerprint density at radius 3 is 2.46 bits per heavy atom. The molecule has 0 radical (unpaired) electrons. The van der Waals surface area contributed by atoms with Crippen molar-refractivity contribution in [1.29, 1.82) is 0 Å². The predicted octanol–water partition coefficient (Wildman–Crippen LogP) is 3.79.